The van der Waals surface area contributed by atoms with Crippen LogP contribution in [0.15, 0.2) is 72.7 Å². The number of aromatic nitrogens is 1. The number of pyridine rings is 1. The van der Waals surface area contributed by atoms with Crippen molar-refractivity contribution in [3.05, 3.63) is 94.9 Å². The molecule has 156 valence electrons. The zero-order valence-corrected chi connectivity index (χ0v) is 17.7. The molecule has 0 bridgehead atoms. The first-order chi connectivity index (χ1) is 15.0. The number of carbonyl (C=O) groups excluding carboxylic acids is 2. The molecule has 2 amide bonds. The molecule has 4 rings (SSSR count). The van der Waals surface area contributed by atoms with Crippen LogP contribution >= 0.6 is 0 Å². The fourth-order valence-corrected chi connectivity index (χ4v) is 3.52. The Labute approximate surface area is 181 Å². The van der Waals surface area contributed by atoms with Gasteiger partial charge in [0.15, 0.2) is 0 Å². The van der Waals surface area contributed by atoms with Gasteiger partial charge >= 0.3 is 0 Å². The third kappa shape index (κ3) is 4.05. The van der Waals surface area contributed by atoms with Crippen molar-refractivity contribution in [1.82, 2.24) is 9.88 Å². The summed E-state index contributed by atoms with van der Waals surface area (Å²) in [4.78, 5) is 32.0. The maximum Gasteiger partial charge on any atom is 0.278 e. The Morgan fingerprint density at radius 3 is 2.42 bits per heavy atom. The van der Waals surface area contributed by atoms with Gasteiger partial charge in [-0.1, -0.05) is 24.3 Å². The number of benzene rings is 2. The minimum Gasteiger partial charge on any atom is -0.497 e. The number of amides is 2. The summed E-state index contributed by atoms with van der Waals surface area (Å²) in [5.74, 6) is -0.0305. The van der Waals surface area contributed by atoms with Crippen LogP contribution in [0.2, 0.25) is 0 Å². The van der Waals surface area contributed by atoms with E-state index in [1.807, 2.05) is 50.2 Å². The standard InChI is InChI=1S/C25H23N3O3/c1-16-7-8-19(13-17(16)2)22-23(27-20-5-4-6-21(14-20)31-3)25(30)28(24(22)29)15-18-9-11-26-12-10-18/h4-14,27H,15H2,1-3H3. The molecule has 6 heteroatoms. The van der Waals surface area contributed by atoms with Gasteiger partial charge in [-0.25, -0.2) is 0 Å². The zero-order valence-electron chi connectivity index (χ0n) is 17.7. The number of anilines is 1. The van der Waals surface area contributed by atoms with Crippen LogP contribution in [0.4, 0.5) is 5.69 Å². The van der Waals surface area contributed by atoms with Crippen molar-refractivity contribution in [2.75, 3.05) is 12.4 Å². The number of aryl methyl sites for hydroxylation is 2. The smallest absolute Gasteiger partial charge is 0.278 e. The molecule has 1 aliphatic heterocycles. The number of hydrogen-bond donors (Lipinski definition) is 1. The van der Waals surface area contributed by atoms with Crippen LogP contribution < -0.4 is 10.1 Å². The number of hydrogen-bond acceptors (Lipinski definition) is 5. The number of methoxy groups -OCH3 is 1. The Kier molecular flexibility index (Phi) is 5.54. The van der Waals surface area contributed by atoms with Crippen molar-refractivity contribution in [2.45, 2.75) is 20.4 Å². The maximum absolute atomic E-state index is 13.4. The lowest BCUT2D eigenvalue weighted by atomic mass is 9.99. The van der Waals surface area contributed by atoms with Gasteiger partial charge in [0.2, 0.25) is 0 Å². The highest BCUT2D eigenvalue weighted by molar-refractivity contribution is 6.36. The van der Waals surface area contributed by atoms with Gasteiger partial charge in [-0.3, -0.25) is 19.5 Å². The molecular weight excluding hydrogens is 390 g/mol. The van der Waals surface area contributed by atoms with Crippen LogP contribution in [-0.4, -0.2) is 28.8 Å². The molecule has 1 aromatic heterocycles. The molecule has 0 saturated heterocycles. The van der Waals surface area contributed by atoms with Crippen molar-refractivity contribution in [1.29, 1.82) is 0 Å². The van der Waals surface area contributed by atoms with Gasteiger partial charge in [-0.2, -0.15) is 0 Å². The summed E-state index contributed by atoms with van der Waals surface area (Å²) in [5, 5.41) is 3.17. The molecule has 2 aromatic carbocycles. The second-order valence-electron chi connectivity index (χ2n) is 7.46. The molecule has 0 aliphatic carbocycles. The van der Waals surface area contributed by atoms with Crippen molar-refractivity contribution in [2.24, 2.45) is 0 Å². The van der Waals surface area contributed by atoms with Gasteiger partial charge in [-0.15, -0.1) is 0 Å². The van der Waals surface area contributed by atoms with Crippen molar-refractivity contribution < 1.29 is 14.3 Å². The molecule has 0 atom stereocenters. The minimum absolute atomic E-state index is 0.178. The third-order valence-electron chi connectivity index (χ3n) is 5.39. The fraction of sp³-hybridized carbons (Fsp3) is 0.160. The summed E-state index contributed by atoms with van der Waals surface area (Å²) in [6.07, 6.45) is 3.29. The van der Waals surface area contributed by atoms with Crippen LogP contribution in [0.1, 0.15) is 22.3 Å². The number of carbonyl (C=O) groups is 2. The molecule has 0 unspecified atom stereocenters. The average molecular weight is 413 g/mol. The summed E-state index contributed by atoms with van der Waals surface area (Å²) < 4.78 is 5.28. The summed E-state index contributed by atoms with van der Waals surface area (Å²) in [6.45, 7) is 4.18. The molecule has 0 saturated carbocycles. The summed E-state index contributed by atoms with van der Waals surface area (Å²) >= 11 is 0. The van der Waals surface area contributed by atoms with E-state index in [9.17, 15) is 9.59 Å². The first-order valence-electron chi connectivity index (χ1n) is 9.96. The quantitative estimate of drug-likeness (QED) is 0.616. The molecule has 2 heterocycles. The Hall–Kier alpha value is -3.93. The number of nitrogens with zero attached hydrogens (tertiary/aromatic N) is 2. The van der Waals surface area contributed by atoms with E-state index in [2.05, 4.69) is 10.3 Å². The monoisotopic (exact) mass is 413 g/mol. The Bertz CT molecular complexity index is 1190. The fourth-order valence-electron chi connectivity index (χ4n) is 3.52. The molecule has 0 spiro atoms. The van der Waals surface area contributed by atoms with E-state index < -0.39 is 0 Å². The lowest BCUT2D eigenvalue weighted by molar-refractivity contribution is -0.137. The second kappa shape index (κ2) is 8.44. The van der Waals surface area contributed by atoms with E-state index >= 15 is 0 Å². The largest absolute Gasteiger partial charge is 0.497 e. The van der Waals surface area contributed by atoms with E-state index in [1.54, 1.807) is 37.7 Å². The molecule has 1 aliphatic rings. The summed E-state index contributed by atoms with van der Waals surface area (Å²) in [5.41, 5.74) is 5.02. The Morgan fingerprint density at radius 1 is 0.935 bits per heavy atom. The van der Waals surface area contributed by atoms with Crippen LogP contribution in [0.3, 0.4) is 0 Å². The molecule has 0 fully saturated rings. The van der Waals surface area contributed by atoms with E-state index in [0.29, 0.717) is 22.6 Å². The van der Waals surface area contributed by atoms with Crippen LogP contribution in [0, 0.1) is 13.8 Å². The number of imide groups is 1. The Morgan fingerprint density at radius 2 is 1.71 bits per heavy atom. The summed E-state index contributed by atoms with van der Waals surface area (Å²) in [7, 11) is 1.58. The topological polar surface area (TPSA) is 71.5 Å². The van der Waals surface area contributed by atoms with Crippen molar-refractivity contribution >= 4 is 23.1 Å². The van der Waals surface area contributed by atoms with Crippen LogP contribution in [0.25, 0.3) is 5.57 Å². The maximum atomic E-state index is 13.4. The lowest BCUT2D eigenvalue weighted by Gasteiger charge is -2.15. The Balaban J connectivity index is 1.77. The molecule has 3 aromatic rings. The van der Waals surface area contributed by atoms with Gasteiger partial charge in [-0.05, 0) is 60.4 Å². The highest BCUT2D eigenvalue weighted by Gasteiger charge is 2.39. The molecule has 0 radical (unpaired) electrons. The number of ether oxygens (including phenoxy) is 1. The van der Waals surface area contributed by atoms with Gasteiger partial charge in [0.05, 0.1) is 19.2 Å². The van der Waals surface area contributed by atoms with Crippen LogP contribution in [-0.2, 0) is 16.1 Å². The van der Waals surface area contributed by atoms with E-state index in [-0.39, 0.29) is 24.1 Å². The van der Waals surface area contributed by atoms with E-state index in [4.69, 9.17) is 4.74 Å². The lowest BCUT2D eigenvalue weighted by Crippen LogP contribution is -2.32. The predicted octanol–water partition coefficient (Wildman–Crippen LogP) is 4.10. The highest BCUT2D eigenvalue weighted by Crippen LogP contribution is 2.33. The molecule has 1 N–H and O–H groups in total. The number of rotatable bonds is 6. The SMILES string of the molecule is COc1cccc(NC2=C(c3ccc(C)c(C)c3)C(=O)N(Cc3ccncc3)C2=O)c1. The summed E-state index contributed by atoms with van der Waals surface area (Å²) in [6, 6.07) is 16.6. The first kappa shape index (κ1) is 20.3. The molecule has 31 heavy (non-hydrogen) atoms. The second-order valence-corrected chi connectivity index (χ2v) is 7.46. The molecule has 6 nitrogen and oxygen atoms in total. The van der Waals surface area contributed by atoms with E-state index in [1.165, 1.54) is 4.90 Å². The predicted molar refractivity (Wildman–Crippen MR) is 119 cm³/mol. The third-order valence-corrected chi connectivity index (χ3v) is 5.39. The molecular formula is C25H23N3O3. The van der Waals surface area contributed by atoms with E-state index in [0.717, 1.165) is 16.7 Å². The first-order valence-corrected chi connectivity index (χ1v) is 9.96. The zero-order chi connectivity index (χ0) is 22.0. The van der Waals surface area contributed by atoms with Crippen LogP contribution in [0.5, 0.6) is 5.75 Å². The number of nitrogens with one attached hydrogen (secondary N) is 1. The highest BCUT2D eigenvalue weighted by atomic mass is 16.5. The van der Waals surface area contributed by atoms with Gasteiger partial charge in [0, 0.05) is 24.1 Å². The minimum atomic E-state index is -0.363. The van der Waals surface area contributed by atoms with Gasteiger partial charge < -0.3 is 10.1 Å². The van der Waals surface area contributed by atoms with Crippen molar-refractivity contribution in [3.8, 4) is 5.75 Å². The van der Waals surface area contributed by atoms with Gasteiger partial charge in [0.25, 0.3) is 11.8 Å². The normalized spacial score (nSPS) is 13.7. The van der Waals surface area contributed by atoms with Crippen molar-refractivity contribution in [3.63, 3.8) is 0 Å². The van der Waals surface area contributed by atoms with Gasteiger partial charge in [0.1, 0.15) is 11.4 Å². The average Bonchev–Trinajstić information content (AvgIpc) is 3.01.